The first-order chi connectivity index (χ1) is 9.26. The Balaban J connectivity index is 0.00000200. The fourth-order valence-corrected chi connectivity index (χ4v) is 3.50. The molecular weight excluding hydrogens is 365 g/mol. The molecule has 0 aromatic carbocycles. The van der Waals surface area contributed by atoms with Gasteiger partial charge in [-0.25, -0.2) is 0 Å². The van der Waals surface area contributed by atoms with Gasteiger partial charge in [-0.1, -0.05) is 19.3 Å². The summed E-state index contributed by atoms with van der Waals surface area (Å²) in [5.41, 5.74) is 6.35. The molecule has 2 rings (SSSR count). The van der Waals surface area contributed by atoms with Crippen molar-refractivity contribution in [3.05, 3.63) is 0 Å². The zero-order valence-electron chi connectivity index (χ0n) is 12.5. The van der Waals surface area contributed by atoms with Crippen LogP contribution in [0.3, 0.4) is 0 Å². The summed E-state index contributed by atoms with van der Waals surface area (Å²) in [5.74, 6) is 0.725. The fraction of sp³-hybridized carbons (Fsp3) is 0.933. The molecule has 5 heteroatoms. The van der Waals surface area contributed by atoms with Gasteiger partial charge in [0.05, 0.1) is 0 Å². The number of hydrogen-bond donors (Lipinski definition) is 2. The maximum Gasteiger partial charge on any atom is 0.191 e. The van der Waals surface area contributed by atoms with Crippen LogP contribution < -0.4 is 5.73 Å². The Morgan fingerprint density at radius 1 is 1.05 bits per heavy atom. The Hall–Kier alpha value is -0.0400. The van der Waals surface area contributed by atoms with E-state index in [4.69, 9.17) is 5.73 Å². The summed E-state index contributed by atoms with van der Waals surface area (Å²) >= 11 is 0. The third kappa shape index (κ3) is 5.06. The Bertz CT molecular complexity index is 292. The minimum atomic E-state index is 0. The van der Waals surface area contributed by atoms with E-state index in [-0.39, 0.29) is 36.0 Å². The quantitative estimate of drug-likeness (QED) is 0.437. The first-order valence-electron chi connectivity index (χ1n) is 7.92. The molecule has 1 aliphatic carbocycles. The molecule has 3 N–H and O–H groups in total. The maximum atomic E-state index is 9.31. The number of aliphatic hydroxyl groups is 1. The molecule has 0 aromatic heterocycles. The lowest BCUT2D eigenvalue weighted by Crippen LogP contribution is -2.42. The molecule has 2 aliphatic rings. The third-order valence-corrected chi connectivity index (χ3v) is 4.81. The van der Waals surface area contributed by atoms with E-state index in [9.17, 15) is 5.11 Å². The average molecular weight is 395 g/mol. The van der Waals surface area contributed by atoms with Crippen LogP contribution in [0.4, 0.5) is 0 Å². The van der Waals surface area contributed by atoms with Gasteiger partial charge in [0.25, 0.3) is 0 Å². The van der Waals surface area contributed by atoms with Crippen molar-refractivity contribution in [1.29, 1.82) is 0 Å². The second kappa shape index (κ2) is 9.07. The summed E-state index contributed by atoms with van der Waals surface area (Å²) in [6, 6.07) is 0. The number of nitrogens with zero attached hydrogens (tertiary/aromatic N) is 2. The number of halogens is 1. The fourth-order valence-electron chi connectivity index (χ4n) is 3.50. The minimum Gasteiger partial charge on any atom is -0.396 e. The van der Waals surface area contributed by atoms with Crippen LogP contribution in [0.15, 0.2) is 4.99 Å². The topological polar surface area (TPSA) is 61.9 Å². The molecule has 1 saturated carbocycles. The Kier molecular flexibility index (Phi) is 8.17. The van der Waals surface area contributed by atoms with E-state index < -0.39 is 0 Å². The van der Waals surface area contributed by atoms with Gasteiger partial charge < -0.3 is 15.7 Å². The van der Waals surface area contributed by atoms with Gasteiger partial charge >= 0.3 is 0 Å². The Labute approximate surface area is 140 Å². The molecule has 0 atom stereocenters. The zero-order chi connectivity index (χ0) is 13.6. The monoisotopic (exact) mass is 395 g/mol. The molecule has 4 nitrogen and oxygen atoms in total. The van der Waals surface area contributed by atoms with Crippen molar-refractivity contribution in [1.82, 2.24) is 4.90 Å². The summed E-state index contributed by atoms with van der Waals surface area (Å²) in [4.78, 5) is 6.89. The van der Waals surface area contributed by atoms with Crippen molar-refractivity contribution in [3.8, 4) is 0 Å². The number of guanidine groups is 1. The molecule has 0 aromatic rings. The second-order valence-electron chi connectivity index (χ2n) is 6.26. The molecular formula is C15H30IN3O. The number of hydrogen-bond acceptors (Lipinski definition) is 2. The molecule has 20 heavy (non-hydrogen) atoms. The normalized spacial score (nSPS) is 23.2. The van der Waals surface area contributed by atoms with Crippen molar-refractivity contribution in [3.63, 3.8) is 0 Å². The summed E-state index contributed by atoms with van der Waals surface area (Å²) < 4.78 is 0. The van der Waals surface area contributed by atoms with E-state index in [1.54, 1.807) is 0 Å². The van der Waals surface area contributed by atoms with Crippen molar-refractivity contribution in [2.75, 3.05) is 26.2 Å². The summed E-state index contributed by atoms with van der Waals surface area (Å²) in [7, 11) is 0. The molecule has 0 unspecified atom stereocenters. The Morgan fingerprint density at radius 3 is 2.25 bits per heavy atom. The molecule has 0 amide bonds. The van der Waals surface area contributed by atoms with E-state index in [0.717, 1.165) is 32.0 Å². The van der Waals surface area contributed by atoms with Crippen LogP contribution in [-0.2, 0) is 0 Å². The predicted octanol–water partition coefficient (Wildman–Crippen LogP) is 2.74. The third-order valence-electron chi connectivity index (χ3n) is 4.81. The molecule has 0 spiro atoms. The maximum absolute atomic E-state index is 9.31. The summed E-state index contributed by atoms with van der Waals surface area (Å²) in [5, 5.41) is 9.31. The van der Waals surface area contributed by atoms with Crippen molar-refractivity contribution < 1.29 is 5.11 Å². The van der Waals surface area contributed by atoms with Gasteiger partial charge in [-0.15, -0.1) is 24.0 Å². The minimum absolute atomic E-state index is 0. The van der Waals surface area contributed by atoms with E-state index in [1.807, 2.05) is 0 Å². The second-order valence-corrected chi connectivity index (χ2v) is 6.26. The molecule has 2 fully saturated rings. The highest BCUT2D eigenvalue weighted by Crippen LogP contribution is 2.39. The van der Waals surface area contributed by atoms with E-state index in [2.05, 4.69) is 9.89 Å². The number of rotatable bonds is 4. The molecule has 0 bridgehead atoms. The predicted molar refractivity (Wildman–Crippen MR) is 94.5 cm³/mol. The van der Waals surface area contributed by atoms with E-state index in [1.165, 1.54) is 51.4 Å². The lowest BCUT2D eigenvalue weighted by Gasteiger charge is -2.36. The number of aliphatic imine (C=N–C) groups is 1. The number of likely N-dealkylation sites (tertiary alicyclic amines) is 1. The first-order valence-corrected chi connectivity index (χ1v) is 7.92. The van der Waals surface area contributed by atoms with Crippen LogP contribution in [-0.4, -0.2) is 42.2 Å². The summed E-state index contributed by atoms with van der Waals surface area (Å²) in [6.45, 7) is 3.19. The van der Waals surface area contributed by atoms with Crippen LogP contribution in [0.25, 0.3) is 0 Å². The van der Waals surface area contributed by atoms with Crippen molar-refractivity contribution >= 4 is 29.9 Å². The van der Waals surface area contributed by atoms with Gasteiger partial charge in [0.2, 0.25) is 0 Å². The molecule has 0 radical (unpaired) electrons. The van der Waals surface area contributed by atoms with Crippen LogP contribution in [0, 0.1) is 5.41 Å². The van der Waals surface area contributed by atoms with Crippen molar-refractivity contribution in [2.24, 2.45) is 16.1 Å². The molecule has 1 heterocycles. The highest BCUT2D eigenvalue weighted by molar-refractivity contribution is 14.0. The molecule has 1 aliphatic heterocycles. The smallest absolute Gasteiger partial charge is 0.191 e. The van der Waals surface area contributed by atoms with Gasteiger partial charge in [0.15, 0.2) is 5.96 Å². The van der Waals surface area contributed by atoms with E-state index in [0.29, 0.717) is 0 Å². The van der Waals surface area contributed by atoms with Gasteiger partial charge in [0, 0.05) is 26.2 Å². The molecule has 118 valence electrons. The standard InChI is InChI=1S/C15H29N3O.HI/c16-14(18-10-5-2-6-11-18)17-13-15(9-12-19)7-3-1-4-8-15;/h19H,1-13H2,(H2,16,17);1H. The van der Waals surface area contributed by atoms with Crippen molar-refractivity contribution in [2.45, 2.75) is 57.8 Å². The van der Waals surface area contributed by atoms with Gasteiger partial charge in [-0.05, 0) is 43.9 Å². The number of piperidine rings is 1. The van der Waals surface area contributed by atoms with Crippen LogP contribution in [0.2, 0.25) is 0 Å². The highest BCUT2D eigenvalue weighted by Gasteiger charge is 2.31. The highest BCUT2D eigenvalue weighted by atomic mass is 127. The van der Waals surface area contributed by atoms with Crippen LogP contribution >= 0.6 is 24.0 Å². The average Bonchev–Trinajstić information content (AvgIpc) is 2.47. The molecule has 1 saturated heterocycles. The summed E-state index contributed by atoms with van der Waals surface area (Å²) in [6.07, 6.45) is 10.9. The zero-order valence-corrected chi connectivity index (χ0v) is 14.8. The van der Waals surface area contributed by atoms with Crippen LogP contribution in [0.5, 0.6) is 0 Å². The van der Waals surface area contributed by atoms with Gasteiger partial charge in [-0.3, -0.25) is 4.99 Å². The van der Waals surface area contributed by atoms with Crippen LogP contribution in [0.1, 0.15) is 57.8 Å². The largest absolute Gasteiger partial charge is 0.396 e. The Morgan fingerprint density at radius 2 is 1.65 bits per heavy atom. The SMILES string of the molecule is I.NC(=NCC1(CCO)CCCCC1)N1CCCCC1. The number of aliphatic hydroxyl groups excluding tert-OH is 1. The van der Waals surface area contributed by atoms with Gasteiger partial charge in [0.1, 0.15) is 0 Å². The van der Waals surface area contributed by atoms with Gasteiger partial charge in [-0.2, -0.15) is 0 Å². The lowest BCUT2D eigenvalue weighted by molar-refractivity contribution is 0.137. The number of nitrogens with two attached hydrogens (primary N) is 1. The van der Waals surface area contributed by atoms with E-state index >= 15 is 0 Å². The lowest BCUT2D eigenvalue weighted by atomic mass is 9.72. The first kappa shape index (κ1) is 18.0.